The van der Waals surface area contributed by atoms with Crippen LogP contribution in [0.25, 0.3) is 0 Å². The van der Waals surface area contributed by atoms with E-state index in [4.69, 9.17) is 5.11 Å². The summed E-state index contributed by atoms with van der Waals surface area (Å²) in [4.78, 5) is 0. The van der Waals surface area contributed by atoms with Crippen molar-refractivity contribution in [3.63, 3.8) is 0 Å². The molecule has 0 aliphatic carbocycles. The number of quaternary nitrogens is 1. The molecule has 0 bridgehead atoms. The van der Waals surface area contributed by atoms with Crippen LogP contribution < -0.4 is 5.11 Å². The van der Waals surface area contributed by atoms with Crippen LogP contribution in [0.3, 0.4) is 0 Å². The first kappa shape index (κ1) is 19.3. The number of nitrogens with zero attached hydrogens (tertiary/aromatic N) is 1. The van der Waals surface area contributed by atoms with Gasteiger partial charge in [0.05, 0.1) is 27.7 Å². The molecule has 0 aliphatic rings. The lowest BCUT2D eigenvalue weighted by Crippen LogP contribution is -2.35. The molecule has 0 amide bonds. The van der Waals surface area contributed by atoms with Gasteiger partial charge in [-0.3, -0.25) is 0 Å². The Morgan fingerprint density at radius 2 is 1.06 bits per heavy atom. The largest absolute Gasteiger partial charge is 0.855 e. The lowest BCUT2D eigenvalue weighted by molar-refractivity contribution is -0.870. The van der Waals surface area contributed by atoms with E-state index in [2.05, 4.69) is 28.1 Å². The topological polar surface area (TPSA) is 23.1 Å². The van der Waals surface area contributed by atoms with E-state index in [9.17, 15) is 0 Å². The number of rotatable bonds is 9. The first-order valence-electron chi connectivity index (χ1n) is 7.36. The minimum atomic E-state index is 0. The lowest BCUT2D eigenvalue weighted by Gasteiger charge is -2.23. The van der Waals surface area contributed by atoms with Crippen LogP contribution in [-0.2, 0) is 0 Å². The SMILES string of the molecule is CCCCCCCCCC[N+](C)(C)C.CC[O-]. The molecule has 0 saturated heterocycles. The second-order valence-corrected chi connectivity index (χ2v) is 5.78. The molecule has 0 aliphatic heterocycles. The van der Waals surface area contributed by atoms with Gasteiger partial charge in [0.25, 0.3) is 0 Å². The van der Waals surface area contributed by atoms with Gasteiger partial charge in [-0.15, -0.1) is 6.61 Å². The second-order valence-electron chi connectivity index (χ2n) is 5.78. The smallest absolute Gasteiger partial charge is 0.0780 e. The maximum Gasteiger partial charge on any atom is 0.0780 e. The van der Waals surface area contributed by atoms with Crippen molar-refractivity contribution in [2.75, 3.05) is 34.3 Å². The molecular weight excluding hydrogens is 210 g/mol. The third-order valence-corrected chi connectivity index (χ3v) is 2.68. The van der Waals surface area contributed by atoms with E-state index in [1.807, 2.05) is 0 Å². The van der Waals surface area contributed by atoms with Crippen LogP contribution in [-0.4, -0.2) is 38.8 Å². The van der Waals surface area contributed by atoms with Crippen molar-refractivity contribution in [3.8, 4) is 0 Å². The zero-order chi connectivity index (χ0) is 13.6. The maximum absolute atomic E-state index is 8.93. The molecule has 0 atom stereocenters. The highest BCUT2D eigenvalue weighted by Crippen LogP contribution is 2.09. The van der Waals surface area contributed by atoms with Crippen LogP contribution in [0.15, 0.2) is 0 Å². The van der Waals surface area contributed by atoms with E-state index in [1.165, 1.54) is 57.9 Å². The fourth-order valence-corrected chi connectivity index (χ4v) is 1.72. The van der Waals surface area contributed by atoms with Crippen LogP contribution in [0, 0.1) is 0 Å². The van der Waals surface area contributed by atoms with Crippen LogP contribution in [0.2, 0.25) is 0 Å². The molecule has 2 nitrogen and oxygen atoms in total. The van der Waals surface area contributed by atoms with Crippen molar-refractivity contribution in [2.24, 2.45) is 0 Å². The Kier molecular flexibility index (Phi) is 15.8. The van der Waals surface area contributed by atoms with Crippen LogP contribution in [0.4, 0.5) is 0 Å². The van der Waals surface area contributed by atoms with Crippen LogP contribution in [0.1, 0.15) is 65.2 Å². The predicted octanol–water partition coefficient (Wildman–Crippen LogP) is 3.20. The Hall–Kier alpha value is -0.0800. The van der Waals surface area contributed by atoms with Gasteiger partial charge in [0, 0.05) is 0 Å². The van der Waals surface area contributed by atoms with Gasteiger partial charge in [-0.05, 0) is 12.8 Å². The van der Waals surface area contributed by atoms with Crippen molar-refractivity contribution in [3.05, 3.63) is 0 Å². The van der Waals surface area contributed by atoms with Gasteiger partial charge in [-0.1, -0.05) is 52.4 Å². The number of hydrogen-bond donors (Lipinski definition) is 0. The summed E-state index contributed by atoms with van der Waals surface area (Å²) in [5.41, 5.74) is 0. The van der Waals surface area contributed by atoms with E-state index >= 15 is 0 Å². The molecule has 0 rings (SSSR count). The molecule has 0 saturated carbocycles. The summed E-state index contributed by atoms with van der Waals surface area (Å²) >= 11 is 0. The molecule has 0 aromatic heterocycles. The van der Waals surface area contributed by atoms with E-state index in [-0.39, 0.29) is 6.61 Å². The van der Waals surface area contributed by atoms with Crippen molar-refractivity contribution < 1.29 is 9.59 Å². The Labute approximate surface area is 110 Å². The molecule has 106 valence electrons. The molecule has 0 fully saturated rings. The van der Waals surface area contributed by atoms with E-state index in [1.54, 1.807) is 6.92 Å². The Balaban J connectivity index is 0. The summed E-state index contributed by atoms with van der Waals surface area (Å²) in [6.07, 6.45) is 11.4. The molecule has 17 heavy (non-hydrogen) atoms. The average Bonchev–Trinajstić information content (AvgIpc) is 2.22. The van der Waals surface area contributed by atoms with Gasteiger partial charge >= 0.3 is 0 Å². The zero-order valence-corrected chi connectivity index (χ0v) is 12.9. The highest BCUT2D eigenvalue weighted by molar-refractivity contribution is 4.45. The molecule has 0 unspecified atom stereocenters. The highest BCUT2D eigenvalue weighted by atomic mass is 16.2. The first-order valence-corrected chi connectivity index (χ1v) is 7.36. The summed E-state index contributed by atoms with van der Waals surface area (Å²) < 4.78 is 1.12. The Bertz CT molecular complexity index is 129. The van der Waals surface area contributed by atoms with Crippen LogP contribution >= 0.6 is 0 Å². The summed E-state index contributed by atoms with van der Waals surface area (Å²) in [6, 6.07) is 0. The molecule has 0 spiro atoms. The van der Waals surface area contributed by atoms with Crippen LogP contribution in [0.5, 0.6) is 0 Å². The van der Waals surface area contributed by atoms with E-state index in [0.717, 1.165) is 4.48 Å². The van der Waals surface area contributed by atoms with Gasteiger partial charge < -0.3 is 9.59 Å². The minimum Gasteiger partial charge on any atom is -0.855 e. The lowest BCUT2D eigenvalue weighted by atomic mass is 10.1. The monoisotopic (exact) mass is 245 g/mol. The minimum absolute atomic E-state index is 0. The number of hydrogen-bond acceptors (Lipinski definition) is 1. The summed E-state index contributed by atoms with van der Waals surface area (Å²) in [7, 11) is 6.84. The quantitative estimate of drug-likeness (QED) is 0.452. The molecule has 0 radical (unpaired) electrons. The third kappa shape index (κ3) is 25.9. The molecule has 0 N–H and O–H groups in total. The van der Waals surface area contributed by atoms with Crippen molar-refractivity contribution >= 4 is 0 Å². The zero-order valence-electron chi connectivity index (χ0n) is 12.9. The van der Waals surface area contributed by atoms with Gasteiger partial charge in [0.2, 0.25) is 0 Å². The molecule has 0 aromatic carbocycles. The molecule has 2 heteroatoms. The summed E-state index contributed by atoms with van der Waals surface area (Å²) in [5, 5.41) is 8.93. The van der Waals surface area contributed by atoms with E-state index < -0.39 is 0 Å². The number of unbranched alkanes of at least 4 members (excludes halogenated alkanes) is 7. The van der Waals surface area contributed by atoms with Gasteiger partial charge in [-0.25, -0.2) is 0 Å². The van der Waals surface area contributed by atoms with E-state index in [0.29, 0.717) is 0 Å². The van der Waals surface area contributed by atoms with Gasteiger partial charge in [0.15, 0.2) is 0 Å². The standard InChI is InChI=1S/C13H30N.C2H5O/c1-5-6-7-8-9-10-11-12-13-14(2,3)4;1-2-3/h5-13H2,1-4H3;2H2,1H3/q+1;-1. The maximum atomic E-state index is 8.93. The Morgan fingerprint density at radius 1 is 0.706 bits per heavy atom. The van der Waals surface area contributed by atoms with Gasteiger partial charge in [-0.2, -0.15) is 0 Å². The molecule has 0 heterocycles. The predicted molar refractivity (Wildman–Crippen MR) is 76.1 cm³/mol. The van der Waals surface area contributed by atoms with Crippen molar-refractivity contribution in [2.45, 2.75) is 65.2 Å². The van der Waals surface area contributed by atoms with Gasteiger partial charge in [0.1, 0.15) is 0 Å². The highest BCUT2D eigenvalue weighted by Gasteiger charge is 2.04. The normalized spacial score (nSPS) is 10.9. The van der Waals surface area contributed by atoms with Crippen molar-refractivity contribution in [1.82, 2.24) is 0 Å². The fourth-order valence-electron chi connectivity index (χ4n) is 1.72. The molecular formula is C15H35NO. The third-order valence-electron chi connectivity index (χ3n) is 2.68. The summed E-state index contributed by atoms with van der Waals surface area (Å²) in [6.45, 7) is 5.18. The fraction of sp³-hybridized carbons (Fsp3) is 1.00. The Morgan fingerprint density at radius 3 is 1.41 bits per heavy atom. The molecule has 0 aromatic rings. The summed E-state index contributed by atoms with van der Waals surface area (Å²) in [5.74, 6) is 0. The van der Waals surface area contributed by atoms with Crippen molar-refractivity contribution in [1.29, 1.82) is 0 Å². The second kappa shape index (κ2) is 14.0. The average molecular weight is 245 g/mol. The first-order chi connectivity index (χ1) is 7.97.